The SMILES string of the molecule is CCB1CNc2ccc3ncccc3c2O1. The van der Waals surface area contributed by atoms with E-state index < -0.39 is 0 Å². The van der Waals surface area contributed by atoms with Crippen LogP contribution in [0, 0.1) is 0 Å². The van der Waals surface area contributed by atoms with Gasteiger partial charge in [0.2, 0.25) is 0 Å². The molecule has 16 heavy (non-hydrogen) atoms. The smallest absolute Gasteiger partial charge is 0.376 e. The molecule has 1 N–H and O–H groups in total. The minimum Gasteiger partial charge on any atom is -0.557 e. The maximum atomic E-state index is 5.99. The van der Waals surface area contributed by atoms with Crippen molar-refractivity contribution < 1.29 is 4.65 Å². The van der Waals surface area contributed by atoms with Crippen LogP contribution in [-0.2, 0) is 0 Å². The summed E-state index contributed by atoms with van der Waals surface area (Å²) >= 11 is 0. The molecule has 3 nitrogen and oxygen atoms in total. The van der Waals surface area contributed by atoms with Crippen molar-refractivity contribution in [1.29, 1.82) is 0 Å². The highest BCUT2D eigenvalue weighted by Gasteiger charge is 2.23. The number of rotatable bonds is 1. The molecule has 2 aromatic rings. The van der Waals surface area contributed by atoms with Crippen molar-refractivity contribution in [2.45, 2.75) is 13.2 Å². The fourth-order valence-corrected chi connectivity index (χ4v) is 2.05. The molecule has 0 atom stereocenters. The molecule has 80 valence electrons. The number of fused-ring (bicyclic) bond motifs is 3. The van der Waals surface area contributed by atoms with Gasteiger partial charge in [-0.25, -0.2) is 0 Å². The van der Waals surface area contributed by atoms with E-state index in [1.165, 1.54) is 0 Å². The Morgan fingerprint density at radius 2 is 2.38 bits per heavy atom. The minimum atomic E-state index is 0.262. The number of nitrogens with one attached hydrogen (secondary N) is 1. The van der Waals surface area contributed by atoms with Crippen LogP contribution in [0.5, 0.6) is 5.75 Å². The molecule has 4 heteroatoms. The van der Waals surface area contributed by atoms with Crippen molar-refractivity contribution in [2.75, 3.05) is 11.8 Å². The Bertz CT molecular complexity index is 529. The summed E-state index contributed by atoms with van der Waals surface area (Å²) in [6.45, 7) is 2.40. The molecule has 1 aromatic heterocycles. The molecule has 0 bridgehead atoms. The Hall–Kier alpha value is -1.71. The third-order valence-corrected chi connectivity index (χ3v) is 3.00. The van der Waals surface area contributed by atoms with E-state index in [4.69, 9.17) is 4.65 Å². The summed E-state index contributed by atoms with van der Waals surface area (Å²) in [7, 11) is 0. The average molecular weight is 212 g/mol. The molecule has 0 saturated heterocycles. The lowest BCUT2D eigenvalue weighted by Gasteiger charge is -2.25. The van der Waals surface area contributed by atoms with Gasteiger partial charge in [-0.15, -0.1) is 0 Å². The van der Waals surface area contributed by atoms with Crippen LogP contribution in [0.3, 0.4) is 0 Å². The van der Waals surface area contributed by atoms with Crippen LogP contribution in [0.25, 0.3) is 10.9 Å². The topological polar surface area (TPSA) is 34.2 Å². The van der Waals surface area contributed by atoms with Crippen molar-refractivity contribution in [3.63, 3.8) is 0 Å². The lowest BCUT2D eigenvalue weighted by molar-refractivity contribution is 0.567. The molecule has 0 amide bonds. The second kappa shape index (κ2) is 3.70. The maximum Gasteiger partial charge on any atom is 0.376 e. The van der Waals surface area contributed by atoms with Gasteiger partial charge < -0.3 is 9.97 Å². The van der Waals surface area contributed by atoms with Gasteiger partial charge in [-0.1, -0.05) is 6.92 Å². The molecule has 0 fully saturated rings. The molecule has 1 aliphatic rings. The number of pyridine rings is 1. The Labute approximate surface area is 94.9 Å². The van der Waals surface area contributed by atoms with E-state index in [2.05, 4.69) is 23.3 Å². The van der Waals surface area contributed by atoms with E-state index in [0.29, 0.717) is 0 Å². The summed E-state index contributed by atoms with van der Waals surface area (Å²) < 4.78 is 5.99. The standard InChI is InChI=1S/C12H13BN2O/c1-2-13-8-15-11-6-5-10-9(12(11)16-13)4-3-7-14-10/h3-7,15H,2,8H2,1H3. The van der Waals surface area contributed by atoms with Gasteiger partial charge in [0.15, 0.2) is 0 Å². The highest BCUT2D eigenvalue weighted by Crippen LogP contribution is 2.35. The highest BCUT2D eigenvalue weighted by molar-refractivity contribution is 6.54. The van der Waals surface area contributed by atoms with Crippen molar-refractivity contribution in [1.82, 2.24) is 4.98 Å². The number of anilines is 1. The third kappa shape index (κ3) is 1.41. The Morgan fingerprint density at radius 1 is 1.44 bits per heavy atom. The average Bonchev–Trinajstić information content (AvgIpc) is 2.38. The molecule has 0 unspecified atom stereocenters. The van der Waals surface area contributed by atoms with E-state index >= 15 is 0 Å². The molecule has 1 aliphatic heterocycles. The van der Waals surface area contributed by atoms with Crippen molar-refractivity contribution >= 4 is 23.5 Å². The summed E-state index contributed by atoms with van der Waals surface area (Å²) in [5.74, 6) is 0.948. The molecule has 3 rings (SSSR count). The second-order valence-electron chi connectivity index (χ2n) is 4.04. The van der Waals surface area contributed by atoms with Crippen molar-refractivity contribution in [2.24, 2.45) is 0 Å². The van der Waals surface area contributed by atoms with E-state index in [9.17, 15) is 0 Å². The fraction of sp³-hybridized carbons (Fsp3) is 0.250. The van der Waals surface area contributed by atoms with Gasteiger partial charge >= 0.3 is 6.92 Å². The van der Waals surface area contributed by atoms with Gasteiger partial charge in [0.05, 0.1) is 11.2 Å². The van der Waals surface area contributed by atoms with Crippen LogP contribution in [0.15, 0.2) is 30.5 Å². The summed E-state index contributed by atoms with van der Waals surface area (Å²) in [5.41, 5.74) is 2.06. The number of benzene rings is 1. The fourth-order valence-electron chi connectivity index (χ4n) is 2.05. The summed E-state index contributed by atoms with van der Waals surface area (Å²) in [6, 6.07) is 8.07. The van der Waals surface area contributed by atoms with Crippen LogP contribution in [0.2, 0.25) is 6.32 Å². The molecule has 2 heterocycles. The Morgan fingerprint density at radius 3 is 3.25 bits per heavy atom. The Kier molecular flexibility index (Phi) is 2.20. The zero-order valence-electron chi connectivity index (χ0n) is 9.23. The van der Waals surface area contributed by atoms with Gasteiger partial charge in [-0.3, -0.25) is 4.98 Å². The number of nitrogens with zero attached hydrogens (tertiary/aromatic N) is 1. The van der Waals surface area contributed by atoms with Gasteiger partial charge in [0, 0.05) is 18.0 Å². The molecular weight excluding hydrogens is 199 g/mol. The Balaban J connectivity index is 2.17. The molecule has 0 spiro atoms. The molecule has 1 aromatic carbocycles. The van der Waals surface area contributed by atoms with Gasteiger partial charge in [-0.05, 0) is 30.6 Å². The first-order valence-corrected chi connectivity index (χ1v) is 5.66. The summed E-state index contributed by atoms with van der Waals surface area (Å²) in [5, 5.41) is 4.49. The molecule has 0 radical (unpaired) electrons. The predicted molar refractivity (Wildman–Crippen MR) is 67.1 cm³/mol. The van der Waals surface area contributed by atoms with Crippen molar-refractivity contribution in [3.8, 4) is 5.75 Å². The van der Waals surface area contributed by atoms with Gasteiger partial charge in [0.25, 0.3) is 0 Å². The normalized spacial score (nSPS) is 14.2. The molecule has 0 saturated carbocycles. The first kappa shape index (κ1) is 9.52. The highest BCUT2D eigenvalue weighted by atomic mass is 16.4. The first-order chi connectivity index (χ1) is 7.88. The van der Waals surface area contributed by atoms with Crippen LogP contribution >= 0.6 is 0 Å². The second-order valence-corrected chi connectivity index (χ2v) is 4.04. The summed E-state index contributed by atoms with van der Waals surface area (Å²) in [4.78, 5) is 4.33. The van der Waals surface area contributed by atoms with Crippen LogP contribution in [0.4, 0.5) is 5.69 Å². The lowest BCUT2D eigenvalue weighted by atomic mass is 9.64. The van der Waals surface area contributed by atoms with Crippen LogP contribution in [0.1, 0.15) is 6.92 Å². The third-order valence-electron chi connectivity index (χ3n) is 3.00. The van der Waals surface area contributed by atoms with E-state index in [0.717, 1.165) is 35.1 Å². The monoisotopic (exact) mass is 212 g/mol. The van der Waals surface area contributed by atoms with Crippen LogP contribution < -0.4 is 9.97 Å². The molecule has 0 aliphatic carbocycles. The first-order valence-electron chi connectivity index (χ1n) is 5.66. The van der Waals surface area contributed by atoms with Crippen LogP contribution in [-0.4, -0.2) is 18.3 Å². The lowest BCUT2D eigenvalue weighted by Crippen LogP contribution is -2.34. The van der Waals surface area contributed by atoms with E-state index in [1.54, 1.807) is 0 Å². The predicted octanol–water partition coefficient (Wildman–Crippen LogP) is 2.59. The number of hydrogen-bond acceptors (Lipinski definition) is 3. The quantitative estimate of drug-likeness (QED) is 0.737. The zero-order chi connectivity index (χ0) is 11.0. The van der Waals surface area contributed by atoms with Gasteiger partial charge in [-0.2, -0.15) is 0 Å². The molecular formula is C12H13BN2O. The maximum absolute atomic E-state index is 5.99. The van der Waals surface area contributed by atoms with Crippen molar-refractivity contribution in [3.05, 3.63) is 30.5 Å². The van der Waals surface area contributed by atoms with Gasteiger partial charge in [0.1, 0.15) is 5.75 Å². The van der Waals surface area contributed by atoms with E-state index in [1.807, 2.05) is 24.4 Å². The minimum absolute atomic E-state index is 0.262. The largest absolute Gasteiger partial charge is 0.557 e. The van der Waals surface area contributed by atoms with E-state index in [-0.39, 0.29) is 6.92 Å². The summed E-state index contributed by atoms with van der Waals surface area (Å²) in [6.07, 6.45) is 3.71. The number of hydrogen-bond donors (Lipinski definition) is 1. The zero-order valence-corrected chi connectivity index (χ0v) is 9.23. The number of aromatic nitrogens is 1.